The SMILES string of the molecule is CC(C)[N+]12CC[N+](CCCN=CN)(CC1)CC2. The smallest absolute Gasteiger partial charge is 0.129 e. The molecule has 4 nitrogen and oxygen atoms in total. The second-order valence-electron chi connectivity index (χ2n) is 6.13. The van der Waals surface area contributed by atoms with Gasteiger partial charge in [-0.2, -0.15) is 0 Å². The number of hydrogen-bond donors (Lipinski definition) is 1. The highest BCUT2D eigenvalue weighted by Gasteiger charge is 2.49. The number of rotatable bonds is 5. The molecule has 2 N–H and O–H groups in total. The summed E-state index contributed by atoms with van der Waals surface area (Å²) in [4.78, 5) is 4.12. The van der Waals surface area contributed by atoms with Gasteiger partial charge in [0.05, 0.1) is 18.9 Å². The average Bonchev–Trinajstić information content (AvgIpc) is 2.37. The van der Waals surface area contributed by atoms with E-state index in [0.29, 0.717) is 0 Å². The summed E-state index contributed by atoms with van der Waals surface area (Å²) >= 11 is 0. The number of hydrogen-bond acceptors (Lipinski definition) is 1. The predicted octanol–water partition coefficient (Wildman–Crippen LogP) is 0.433. The monoisotopic (exact) mass is 240 g/mol. The van der Waals surface area contributed by atoms with Crippen molar-refractivity contribution in [1.29, 1.82) is 0 Å². The molecule has 3 heterocycles. The van der Waals surface area contributed by atoms with Crippen LogP contribution in [0.3, 0.4) is 0 Å². The minimum atomic E-state index is 0.805. The summed E-state index contributed by atoms with van der Waals surface area (Å²) in [7, 11) is 0. The van der Waals surface area contributed by atoms with E-state index in [0.717, 1.165) is 12.6 Å². The number of nitrogens with zero attached hydrogens (tertiary/aromatic N) is 3. The second-order valence-corrected chi connectivity index (χ2v) is 6.13. The summed E-state index contributed by atoms with van der Waals surface area (Å²) in [6, 6.07) is 0.805. The molecule has 0 amide bonds. The molecule has 0 radical (unpaired) electrons. The summed E-state index contributed by atoms with van der Waals surface area (Å²) < 4.78 is 2.73. The quantitative estimate of drug-likeness (QED) is 0.322. The van der Waals surface area contributed by atoms with Crippen LogP contribution in [0.5, 0.6) is 0 Å². The van der Waals surface area contributed by atoms with E-state index in [4.69, 9.17) is 5.73 Å². The third-order valence-electron chi connectivity index (χ3n) is 5.18. The standard InChI is InChI=1S/C13H28N4/c1-13(2)17-9-6-16(7-10-17,8-11-17)5-3-4-15-12-14/h12-13H,3-11H2,1-2H3,(H2,14,15)/q+2. The topological polar surface area (TPSA) is 38.4 Å². The van der Waals surface area contributed by atoms with Crippen molar-refractivity contribution in [3.8, 4) is 0 Å². The molecule has 3 fully saturated rings. The van der Waals surface area contributed by atoms with Gasteiger partial charge in [-0.15, -0.1) is 0 Å². The van der Waals surface area contributed by atoms with Crippen molar-refractivity contribution in [2.24, 2.45) is 10.7 Å². The molecule has 3 aliphatic heterocycles. The molecule has 17 heavy (non-hydrogen) atoms. The molecule has 0 aliphatic carbocycles. The fourth-order valence-corrected chi connectivity index (χ4v) is 3.59. The maximum atomic E-state index is 5.27. The van der Waals surface area contributed by atoms with Gasteiger partial charge in [-0.05, 0) is 13.8 Å². The van der Waals surface area contributed by atoms with Gasteiger partial charge in [-0.1, -0.05) is 0 Å². The predicted molar refractivity (Wildman–Crippen MR) is 71.9 cm³/mol. The Labute approximate surface area is 105 Å². The van der Waals surface area contributed by atoms with Crippen LogP contribution in [0, 0.1) is 0 Å². The molecule has 0 aromatic heterocycles. The summed E-state index contributed by atoms with van der Waals surface area (Å²) in [5, 5.41) is 0. The number of nitrogens with two attached hydrogens (primary N) is 1. The molecule has 0 saturated carbocycles. The summed E-state index contributed by atoms with van der Waals surface area (Å²) in [5.41, 5.74) is 5.27. The largest absolute Gasteiger partial charge is 0.390 e. The first-order chi connectivity index (χ1) is 8.13. The molecule has 0 aromatic rings. The van der Waals surface area contributed by atoms with E-state index >= 15 is 0 Å². The molecule has 3 rings (SSSR count). The van der Waals surface area contributed by atoms with Gasteiger partial charge in [0.15, 0.2) is 0 Å². The van der Waals surface area contributed by atoms with Crippen LogP contribution in [-0.4, -0.2) is 73.7 Å². The van der Waals surface area contributed by atoms with Crippen molar-refractivity contribution in [2.45, 2.75) is 26.3 Å². The van der Waals surface area contributed by atoms with Crippen LogP contribution in [0.25, 0.3) is 0 Å². The van der Waals surface area contributed by atoms with Crippen LogP contribution in [0.2, 0.25) is 0 Å². The van der Waals surface area contributed by atoms with Gasteiger partial charge in [0.2, 0.25) is 0 Å². The van der Waals surface area contributed by atoms with Crippen molar-refractivity contribution in [1.82, 2.24) is 0 Å². The van der Waals surface area contributed by atoms with Crippen LogP contribution in [0.15, 0.2) is 4.99 Å². The molecule has 0 spiro atoms. The zero-order chi connectivity index (χ0) is 12.4. The highest BCUT2D eigenvalue weighted by atomic mass is 15.5. The zero-order valence-electron chi connectivity index (χ0n) is 11.4. The van der Waals surface area contributed by atoms with Crippen molar-refractivity contribution in [2.75, 3.05) is 52.4 Å². The minimum Gasteiger partial charge on any atom is -0.390 e. The number of fused-ring (bicyclic) bond motifs is 3. The molecule has 2 bridgehead atoms. The Hall–Kier alpha value is -0.610. The molecular formula is C13H28N4+2. The maximum Gasteiger partial charge on any atom is 0.129 e. The van der Waals surface area contributed by atoms with Crippen molar-refractivity contribution < 1.29 is 8.97 Å². The van der Waals surface area contributed by atoms with Crippen LogP contribution >= 0.6 is 0 Å². The molecule has 0 unspecified atom stereocenters. The Morgan fingerprint density at radius 1 is 1.12 bits per heavy atom. The lowest BCUT2D eigenvalue weighted by atomic mass is 10.0. The summed E-state index contributed by atoms with van der Waals surface area (Å²) in [6.07, 6.45) is 2.63. The van der Waals surface area contributed by atoms with Gasteiger partial charge >= 0.3 is 0 Å². The molecule has 98 valence electrons. The highest BCUT2D eigenvalue weighted by Crippen LogP contribution is 2.29. The third-order valence-corrected chi connectivity index (χ3v) is 5.18. The lowest BCUT2D eigenvalue weighted by Crippen LogP contribution is -2.76. The van der Waals surface area contributed by atoms with E-state index in [9.17, 15) is 0 Å². The van der Waals surface area contributed by atoms with E-state index in [1.807, 2.05) is 0 Å². The fraction of sp³-hybridized carbons (Fsp3) is 0.923. The lowest BCUT2D eigenvalue weighted by Gasteiger charge is -2.57. The van der Waals surface area contributed by atoms with Crippen LogP contribution in [0.4, 0.5) is 0 Å². The first kappa shape index (κ1) is 12.8. The molecule has 4 heteroatoms. The van der Waals surface area contributed by atoms with Gasteiger partial charge in [0.25, 0.3) is 0 Å². The Kier molecular flexibility index (Phi) is 3.73. The zero-order valence-corrected chi connectivity index (χ0v) is 11.4. The maximum absolute atomic E-state index is 5.27. The second kappa shape index (κ2) is 4.94. The number of quaternary nitrogens is 2. The Balaban J connectivity index is 1.86. The minimum absolute atomic E-state index is 0.805. The van der Waals surface area contributed by atoms with Crippen LogP contribution < -0.4 is 5.73 Å². The van der Waals surface area contributed by atoms with Gasteiger partial charge in [0.1, 0.15) is 39.3 Å². The van der Waals surface area contributed by atoms with E-state index in [1.165, 1.54) is 67.5 Å². The summed E-state index contributed by atoms with van der Waals surface area (Å²) in [5.74, 6) is 0. The Morgan fingerprint density at radius 2 is 1.71 bits per heavy atom. The first-order valence-corrected chi connectivity index (χ1v) is 7.03. The molecule has 3 aliphatic rings. The van der Waals surface area contributed by atoms with Crippen LogP contribution in [-0.2, 0) is 0 Å². The number of piperazine rings is 3. The molecule has 3 saturated heterocycles. The average molecular weight is 240 g/mol. The van der Waals surface area contributed by atoms with Crippen LogP contribution in [0.1, 0.15) is 20.3 Å². The first-order valence-electron chi connectivity index (χ1n) is 7.03. The lowest BCUT2D eigenvalue weighted by molar-refractivity contribution is -1.09. The van der Waals surface area contributed by atoms with Crippen molar-refractivity contribution >= 4 is 6.34 Å². The normalized spacial score (nSPS) is 37.1. The highest BCUT2D eigenvalue weighted by molar-refractivity contribution is 5.50. The van der Waals surface area contributed by atoms with E-state index in [1.54, 1.807) is 0 Å². The molecule has 0 aromatic carbocycles. The van der Waals surface area contributed by atoms with Gasteiger partial charge < -0.3 is 14.7 Å². The van der Waals surface area contributed by atoms with Gasteiger partial charge in [-0.3, -0.25) is 4.99 Å². The van der Waals surface area contributed by atoms with E-state index in [-0.39, 0.29) is 0 Å². The third kappa shape index (κ3) is 2.47. The van der Waals surface area contributed by atoms with Gasteiger partial charge in [-0.25, -0.2) is 0 Å². The van der Waals surface area contributed by atoms with E-state index in [2.05, 4.69) is 18.8 Å². The molecule has 0 atom stereocenters. The van der Waals surface area contributed by atoms with Crippen molar-refractivity contribution in [3.05, 3.63) is 0 Å². The Morgan fingerprint density at radius 3 is 2.18 bits per heavy atom. The van der Waals surface area contributed by atoms with E-state index < -0.39 is 0 Å². The summed E-state index contributed by atoms with van der Waals surface area (Å²) in [6.45, 7) is 15.3. The van der Waals surface area contributed by atoms with Crippen molar-refractivity contribution in [3.63, 3.8) is 0 Å². The Bertz CT molecular complexity index is 261. The fourth-order valence-electron chi connectivity index (χ4n) is 3.59. The number of aliphatic imine (C=N–C) groups is 1. The molecular weight excluding hydrogens is 212 g/mol. The van der Waals surface area contributed by atoms with Gasteiger partial charge in [0, 0.05) is 13.0 Å².